The number of urea groups is 1. The summed E-state index contributed by atoms with van der Waals surface area (Å²) in [7, 11) is 0. The largest absolute Gasteiger partial charge is 0.480 e. The highest BCUT2D eigenvalue weighted by atomic mass is 32.2. The van der Waals surface area contributed by atoms with E-state index in [0.717, 1.165) is 6.54 Å². The van der Waals surface area contributed by atoms with Gasteiger partial charge in [-0.05, 0) is 18.6 Å². The first-order valence-corrected chi connectivity index (χ1v) is 8.28. The summed E-state index contributed by atoms with van der Waals surface area (Å²) in [5.74, 6) is 0.395. The van der Waals surface area contributed by atoms with E-state index >= 15 is 0 Å². The highest BCUT2D eigenvalue weighted by Crippen LogP contribution is 2.24. The fourth-order valence-corrected chi connectivity index (χ4v) is 3.82. The zero-order valence-electron chi connectivity index (χ0n) is 11.7. The van der Waals surface area contributed by atoms with Gasteiger partial charge < -0.3 is 15.3 Å². The molecule has 6 nitrogen and oxygen atoms in total. The van der Waals surface area contributed by atoms with Crippen LogP contribution in [0.2, 0.25) is 0 Å². The molecule has 0 aromatic heterocycles. The zero-order chi connectivity index (χ0) is 14.4. The number of amides is 2. The van der Waals surface area contributed by atoms with Crippen molar-refractivity contribution in [2.24, 2.45) is 0 Å². The Morgan fingerprint density at radius 1 is 1.20 bits per heavy atom. The third-order valence-corrected chi connectivity index (χ3v) is 5.17. The van der Waals surface area contributed by atoms with Gasteiger partial charge in [-0.1, -0.05) is 6.42 Å². The number of rotatable bonds is 4. The lowest BCUT2D eigenvalue weighted by Gasteiger charge is -2.34. The molecule has 2 N–H and O–H groups in total. The van der Waals surface area contributed by atoms with Crippen molar-refractivity contribution in [2.75, 3.05) is 45.0 Å². The number of hydrogen-bond acceptors (Lipinski definition) is 4. The van der Waals surface area contributed by atoms with Crippen LogP contribution in [0.15, 0.2) is 0 Å². The summed E-state index contributed by atoms with van der Waals surface area (Å²) in [6.45, 7) is 3.30. The summed E-state index contributed by atoms with van der Waals surface area (Å²) in [6, 6.07) is -0.00820. The van der Waals surface area contributed by atoms with Gasteiger partial charge in [-0.25, -0.2) is 4.79 Å². The summed E-state index contributed by atoms with van der Waals surface area (Å²) in [5, 5.41) is 12.3. The van der Waals surface area contributed by atoms with Crippen LogP contribution in [0.5, 0.6) is 0 Å². The summed E-state index contributed by atoms with van der Waals surface area (Å²) < 4.78 is 0. The van der Waals surface area contributed by atoms with Gasteiger partial charge in [0.2, 0.25) is 0 Å². The number of carbonyl (C=O) groups is 2. The average Bonchev–Trinajstić information content (AvgIpc) is 2.46. The third kappa shape index (κ3) is 4.86. The van der Waals surface area contributed by atoms with E-state index in [1.165, 1.54) is 25.0 Å². The number of carboxylic acids is 1. The minimum Gasteiger partial charge on any atom is -0.480 e. The monoisotopic (exact) mass is 301 g/mol. The van der Waals surface area contributed by atoms with E-state index < -0.39 is 5.97 Å². The van der Waals surface area contributed by atoms with E-state index in [0.29, 0.717) is 31.4 Å². The lowest BCUT2D eigenvalue weighted by atomic mass is 10.2. The molecule has 0 spiro atoms. The number of piperazine rings is 1. The Kier molecular flexibility index (Phi) is 5.97. The molecule has 20 heavy (non-hydrogen) atoms. The number of nitrogens with zero attached hydrogens (tertiary/aromatic N) is 2. The van der Waals surface area contributed by atoms with Crippen LogP contribution in [-0.4, -0.2) is 77.2 Å². The third-order valence-electron chi connectivity index (χ3n) is 3.77. The van der Waals surface area contributed by atoms with E-state index in [1.807, 2.05) is 16.7 Å². The summed E-state index contributed by atoms with van der Waals surface area (Å²) >= 11 is 1.95. The van der Waals surface area contributed by atoms with Crippen LogP contribution < -0.4 is 5.32 Å². The molecule has 7 heteroatoms. The van der Waals surface area contributed by atoms with Crippen molar-refractivity contribution < 1.29 is 14.7 Å². The highest BCUT2D eigenvalue weighted by Gasteiger charge is 2.23. The maximum Gasteiger partial charge on any atom is 0.317 e. The van der Waals surface area contributed by atoms with Crippen molar-refractivity contribution in [2.45, 2.75) is 24.5 Å². The number of thioether (sulfide) groups is 1. The molecule has 2 heterocycles. The van der Waals surface area contributed by atoms with Gasteiger partial charge in [-0.3, -0.25) is 9.69 Å². The molecule has 0 aromatic carbocycles. The Morgan fingerprint density at radius 2 is 1.95 bits per heavy atom. The molecule has 2 fully saturated rings. The van der Waals surface area contributed by atoms with Gasteiger partial charge in [0.05, 0.1) is 6.54 Å². The molecule has 2 rings (SSSR count). The van der Waals surface area contributed by atoms with Crippen LogP contribution in [0.3, 0.4) is 0 Å². The molecule has 0 aliphatic carbocycles. The molecule has 2 saturated heterocycles. The van der Waals surface area contributed by atoms with Gasteiger partial charge in [0.1, 0.15) is 0 Å². The highest BCUT2D eigenvalue weighted by molar-refractivity contribution is 7.99. The summed E-state index contributed by atoms with van der Waals surface area (Å²) in [4.78, 5) is 26.3. The Bertz CT molecular complexity index is 340. The molecule has 0 radical (unpaired) electrons. The van der Waals surface area contributed by atoms with Crippen molar-refractivity contribution in [3.8, 4) is 0 Å². The van der Waals surface area contributed by atoms with Crippen molar-refractivity contribution in [1.82, 2.24) is 15.1 Å². The molecule has 0 saturated carbocycles. The van der Waals surface area contributed by atoms with Gasteiger partial charge in [-0.15, -0.1) is 0 Å². The molecule has 1 unspecified atom stereocenters. The van der Waals surface area contributed by atoms with Gasteiger partial charge in [0.25, 0.3) is 0 Å². The first kappa shape index (κ1) is 15.4. The minimum absolute atomic E-state index is 0.00820. The number of nitrogens with one attached hydrogen (secondary N) is 1. The summed E-state index contributed by atoms with van der Waals surface area (Å²) in [6.07, 6.45) is 3.75. The topological polar surface area (TPSA) is 72.9 Å². The Labute approximate surface area is 123 Å². The Balaban J connectivity index is 1.65. The van der Waals surface area contributed by atoms with Gasteiger partial charge in [-0.2, -0.15) is 11.8 Å². The van der Waals surface area contributed by atoms with Crippen molar-refractivity contribution >= 4 is 23.8 Å². The predicted molar refractivity (Wildman–Crippen MR) is 79.1 cm³/mol. The standard InChI is InChI=1S/C13H23N3O3S/c17-12(18)10-15-4-6-16(7-5-15)13(19)14-9-11-3-1-2-8-20-11/h11H,1-10H2,(H,14,19)(H,17,18). The number of carbonyl (C=O) groups excluding carboxylic acids is 1. The number of aliphatic carboxylic acids is 1. The molecule has 2 aliphatic rings. The Morgan fingerprint density at radius 3 is 2.55 bits per heavy atom. The lowest BCUT2D eigenvalue weighted by molar-refractivity contribution is -0.138. The maximum absolute atomic E-state index is 12.0. The van der Waals surface area contributed by atoms with Crippen LogP contribution in [0.1, 0.15) is 19.3 Å². The van der Waals surface area contributed by atoms with Gasteiger partial charge in [0, 0.05) is 38.0 Å². The van der Waals surface area contributed by atoms with E-state index in [1.54, 1.807) is 4.90 Å². The predicted octanol–water partition coefficient (Wildman–Crippen LogP) is 0.684. The Hall–Kier alpha value is -0.950. The molecule has 1 atom stereocenters. The molecular formula is C13H23N3O3S. The number of carboxylic acid groups (broad SMARTS) is 1. The van der Waals surface area contributed by atoms with Crippen LogP contribution in [0.25, 0.3) is 0 Å². The quantitative estimate of drug-likeness (QED) is 0.799. The number of hydrogen-bond donors (Lipinski definition) is 2. The lowest BCUT2D eigenvalue weighted by Crippen LogP contribution is -2.53. The molecular weight excluding hydrogens is 278 g/mol. The smallest absolute Gasteiger partial charge is 0.317 e. The SMILES string of the molecule is O=C(O)CN1CCN(C(=O)NCC2CCCCS2)CC1. The van der Waals surface area contributed by atoms with E-state index in [4.69, 9.17) is 5.11 Å². The normalized spacial score (nSPS) is 24.4. The van der Waals surface area contributed by atoms with Gasteiger partial charge >= 0.3 is 12.0 Å². The second kappa shape index (κ2) is 7.73. The molecule has 114 valence electrons. The average molecular weight is 301 g/mol. The van der Waals surface area contributed by atoms with Crippen molar-refractivity contribution in [3.05, 3.63) is 0 Å². The summed E-state index contributed by atoms with van der Waals surface area (Å²) in [5.41, 5.74) is 0. The second-order valence-corrected chi connectivity index (χ2v) is 6.74. The molecule has 2 amide bonds. The fourth-order valence-electron chi connectivity index (χ4n) is 2.58. The van der Waals surface area contributed by atoms with Crippen molar-refractivity contribution in [3.63, 3.8) is 0 Å². The van der Waals surface area contributed by atoms with E-state index in [2.05, 4.69) is 5.32 Å². The van der Waals surface area contributed by atoms with Gasteiger partial charge in [0.15, 0.2) is 0 Å². The van der Waals surface area contributed by atoms with Crippen molar-refractivity contribution in [1.29, 1.82) is 0 Å². The van der Waals surface area contributed by atoms with Crippen LogP contribution in [0.4, 0.5) is 4.79 Å². The second-order valence-electron chi connectivity index (χ2n) is 5.33. The van der Waals surface area contributed by atoms with Crippen LogP contribution in [0, 0.1) is 0 Å². The van der Waals surface area contributed by atoms with E-state index in [9.17, 15) is 9.59 Å². The maximum atomic E-state index is 12.0. The van der Waals surface area contributed by atoms with Crippen LogP contribution >= 0.6 is 11.8 Å². The molecule has 0 aromatic rings. The van der Waals surface area contributed by atoms with E-state index in [-0.39, 0.29) is 12.6 Å². The zero-order valence-corrected chi connectivity index (χ0v) is 12.5. The first-order valence-electron chi connectivity index (χ1n) is 7.23. The molecule has 2 aliphatic heterocycles. The fraction of sp³-hybridized carbons (Fsp3) is 0.846. The van der Waals surface area contributed by atoms with Crippen LogP contribution in [-0.2, 0) is 4.79 Å². The minimum atomic E-state index is -0.808. The molecule has 0 bridgehead atoms. The first-order chi connectivity index (χ1) is 9.65.